The number of carbonyl (C=O) groups is 1. The van der Waals surface area contributed by atoms with Crippen LogP contribution in [0.3, 0.4) is 0 Å². The van der Waals surface area contributed by atoms with Crippen molar-refractivity contribution in [1.82, 2.24) is 9.80 Å². The minimum absolute atomic E-state index is 0.0585. The van der Waals surface area contributed by atoms with Crippen molar-refractivity contribution in [3.05, 3.63) is 29.8 Å². The molecule has 1 aromatic carbocycles. The first-order chi connectivity index (χ1) is 12.1. The largest absolute Gasteiger partial charge is 0.444 e. The summed E-state index contributed by atoms with van der Waals surface area (Å²) in [6, 6.07) is 6.81. The van der Waals surface area contributed by atoms with E-state index in [1.165, 1.54) is 0 Å². The van der Waals surface area contributed by atoms with Gasteiger partial charge in [-0.1, -0.05) is 12.1 Å². The van der Waals surface area contributed by atoms with E-state index in [9.17, 15) is 13.2 Å². The smallest absolute Gasteiger partial charge is 0.410 e. The maximum atomic E-state index is 12.3. The van der Waals surface area contributed by atoms with E-state index in [0.29, 0.717) is 24.5 Å². The molecule has 2 heterocycles. The molecule has 1 unspecified atom stereocenters. The molecule has 0 bridgehead atoms. The van der Waals surface area contributed by atoms with E-state index in [-0.39, 0.29) is 17.0 Å². The second kappa shape index (κ2) is 6.57. The molecule has 1 fully saturated rings. The van der Waals surface area contributed by atoms with Gasteiger partial charge < -0.3 is 14.5 Å². The second-order valence-electron chi connectivity index (χ2n) is 7.72. The van der Waals surface area contributed by atoms with Crippen LogP contribution in [-0.4, -0.2) is 61.9 Å². The number of likely N-dealkylation sites (tertiary alicyclic amines) is 1. The fourth-order valence-corrected chi connectivity index (χ4v) is 4.49. The highest BCUT2D eigenvalue weighted by atomic mass is 32.2. The van der Waals surface area contributed by atoms with Crippen molar-refractivity contribution in [2.45, 2.75) is 50.2 Å². The maximum absolute atomic E-state index is 12.3. The lowest BCUT2D eigenvalue weighted by Crippen LogP contribution is -2.51. The van der Waals surface area contributed by atoms with Gasteiger partial charge >= 0.3 is 6.09 Å². The average molecular weight is 379 g/mol. The van der Waals surface area contributed by atoms with Crippen LogP contribution in [0.1, 0.15) is 39.2 Å². The van der Waals surface area contributed by atoms with Gasteiger partial charge in [0.1, 0.15) is 10.5 Å². The standard InChI is InChI=1S/C18H25N3O4S/c1-18(2,3)25-17(22)20(4)13-8-7-11-21(12-13)16-14-9-5-6-10-15(14)26(23,24)19-16/h5-6,9-10,13H,7-8,11-12H2,1-4H3. The summed E-state index contributed by atoms with van der Waals surface area (Å²) in [6.45, 7) is 6.74. The van der Waals surface area contributed by atoms with Gasteiger partial charge in [-0.05, 0) is 45.7 Å². The van der Waals surface area contributed by atoms with E-state index >= 15 is 0 Å². The predicted octanol–water partition coefficient (Wildman–Crippen LogP) is 2.47. The highest BCUT2D eigenvalue weighted by Crippen LogP contribution is 2.29. The van der Waals surface area contributed by atoms with Gasteiger partial charge in [0, 0.05) is 25.7 Å². The molecule has 0 radical (unpaired) electrons. The van der Waals surface area contributed by atoms with E-state index in [1.807, 2.05) is 31.7 Å². The minimum Gasteiger partial charge on any atom is -0.444 e. The van der Waals surface area contributed by atoms with Crippen LogP contribution in [0.2, 0.25) is 0 Å². The zero-order valence-electron chi connectivity index (χ0n) is 15.6. The summed E-state index contributed by atoms with van der Waals surface area (Å²) in [5, 5.41) is 0. The second-order valence-corrected chi connectivity index (χ2v) is 9.29. The molecule has 2 aliphatic rings. The van der Waals surface area contributed by atoms with Gasteiger partial charge in [-0.3, -0.25) is 0 Å². The zero-order valence-corrected chi connectivity index (χ0v) is 16.4. The van der Waals surface area contributed by atoms with Gasteiger partial charge in [0.05, 0.1) is 6.04 Å². The van der Waals surface area contributed by atoms with Crippen molar-refractivity contribution < 1.29 is 17.9 Å². The number of nitrogens with zero attached hydrogens (tertiary/aromatic N) is 3. The Morgan fingerprint density at radius 3 is 2.69 bits per heavy atom. The number of piperidine rings is 1. The summed E-state index contributed by atoms with van der Waals surface area (Å²) in [5.74, 6) is 0.475. The quantitative estimate of drug-likeness (QED) is 0.749. The Hall–Kier alpha value is -2.09. The molecular formula is C18H25N3O4S. The Bertz CT molecular complexity index is 842. The number of benzene rings is 1. The number of carbonyl (C=O) groups excluding carboxylic acids is 1. The third-order valence-corrected chi connectivity index (χ3v) is 5.86. The van der Waals surface area contributed by atoms with Crippen molar-refractivity contribution in [2.75, 3.05) is 20.1 Å². The zero-order chi connectivity index (χ0) is 19.1. The Balaban J connectivity index is 1.79. The molecule has 1 saturated heterocycles. The van der Waals surface area contributed by atoms with Crippen molar-refractivity contribution in [2.24, 2.45) is 4.40 Å². The normalized spacial score (nSPS) is 21.8. The van der Waals surface area contributed by atoms with Crippen LogP contribution in [0.5, 0.6) is 0 Å². The van der Waals surface area contributed by atoms with E-state index in [0.717, 1.165) is 12.8 Å². The lowest BCUT2D eigenvalue weighted by Gasteiger charge is -2.38. The van der Waals surface area contributed by atoms with E-state index in [4.69, 9.17) is 4.74 Å². The average Bonchev–Trinajstić information content (AvgIpc) is 2.85. The molecule has 0 N–H and O–H groups in total. The molecule has 1 aromatic rings. The Morgan fingerprint density at radius 2 is 2.00 bits per heavy atom. The van der Waals surface area contributed by atoms with Crippen LogP contribution >= 0.6 is 0 Å². The fourth-order valence-electron chi connectivity index (χ4n) is 3.26. The number of rotatable bonds is 1. The highest BCUT2D eigenvalue weighted by Gasteiger charge is 2.35. The fraction of sp³-hybridized carbons (Fsp3) is 0.556. The summed E-state index contributed by atoms with van der Waals surface area (Å²) in [4.78, 5) is 16.2. The predicted molar refractivity (Wildman–Crippen MR) is 98.8 cm³/mol. The summed E-state index contributed by atoms with van der Waals surface area (Å²) in [6.07, 6.45) is 1.32. The molecule has 8 heteroatoms. The van der Waals surface area contributed by atoms with Crippen LogP contribution in [0.4, 0.5) is 4.79 Å². The topological polar surface area (TPSA) is 79.3 Å². The first-order valence-electron chi connectivity index (χ1n) is 8.73. The molecule has 7 nitrogen and oxygen atoms in total. The SMILES string of the molecule is CN(C(=O)OC(C)(C)C)C1CCCN(C2=NS(=O)(=O)c3ccccc32)C1. The Kier molecular flexibility index (Phi) is 4.72. The van der Waals surface area contributed by atoms with Gasteiger partial charge in [0.15, 0.2) is 5.84 Å². The van der Waals surface area contributed by atoms with Crippen molar-refractivity contribution in [1.29, 1.82) is 0 Å². The Morgan fingerprint density at radius 1 is 1.31 bits per heavy atom. The van der Waals surface area contributed by atoms with Gasteiger partial charge in [-0.15, -0.1) is 4.40 Å². The molecule has 0 aliphatic carbocycles. The van der Waals surface area contributed by atoms with Crippen molar-refractivity contribution >= 4 is 22.0 Å². The third kappa shape index (κ3) is 3.70. The number of amides is 1. The number of amidine groups is 1. The maximum Gasteiger partial charge on any atom is 0.410 e. The highest BCUT2D eigenvalue weighted by molar-refractivity contribution is 7.90. The number of likely N-dealkylation sites (N-methyl/N-ethyl adjacent to an activating group) is 1. The summed E-state index contributed by atoms with van der Waals surface area (Å²) in [7, 11) is -1.92. The number of hydrogen-bond donors (Lipinski definition) is 0. The minimum atomic E-state index is -3.64. The van der Waals surface area contributed by atoms with E-state index in [2.05, 4.69) is 4.40 Å². The van der Waals surface area contributed by atoms with Crippen LogP contribution in [0.15, 0.2) is 33.6 Å². The summed E-state index contributed by atoms with van der Waals surface area (Å²) >= 11 is 0. The lowest BCUT2D eigenvalue weighted by molar-refractivity contribution is 0.0169. The van der Waals surface area contributed by atoms with E-state index in [1.54, 1.807) is 30.1 Å². The van der Waals surface area contributed by atoms with Crippen LogP contribution < -0.4 is 0 Å². The van der Waals surface area contributed by atoms with Crippen LogP contribution in [-0.2, 0) is 14.8 Å². The van der Waals surface area contributed by atoms with Crippen molar-refractivity contribution in [3.8, 4) is 0 Å². The van der Waals surface area contributed by atoms with Crippen LogP contribution in [0.25, 0.3) is 0 Å². The molecule has 26 heavy (non-hydrogen) atoms. The van der Waals surface area contributed by atoms with Crippen molar-refractivity contribution in [3.63, 3.8) is 0 Å². The Labute approximate surface area is 154 Å². The molecule has 2 aliphatic heterocycles. The molecule has 3 rings (SSSR count). The molecular weight excluding hydrogens is 354 g/mol. The van der Waals surface area contributed by atoms with Gasteiger partial charge in [0.2, 0.25) is 0 Å². The monoisotopic (exact) mass is 379 g/mol. The number of hydrogen-bond acceptors (Lipinski definition) is 5. The number of ether oxygens (including phenoxy) is 1. The van der Waals surface area contributed by atoms with E-state index < -0.39 is 15.6 Å². The van der Waals surface area contributed by atoms with Gasteiger partial charge in [-0.2, -0.15) is 8.42 Å². The van der Waals surface area contributed by atoms with Gasteiger partial charge in [0.25, 0.3) is 10.0 Å². The summed E-state index contributed by atoms with van der Waals surface area (Å²) in [5.41, 5.74) is 0.0792. The lowest BCUT2D eigenvalue weighted by atomic mass is 10.0. The molecule has 0 spiro atoms. The van der Waals surface area contributed by atoms with Gasteiger partial charge in [-0.25, -0.2) is 4.79 Å². The summed E-state index contributed by atoms with van der Waals surface area (Å²) < 4.78 is 34.0. The molecule has 0 aromatic heterocycles. The molecule has 0 saturated carbocycles. The first kappa shape index (κ1) is 18.7. The third-order valence-electron chi connectivity index (χ3n) is 4.54. The first-order valence-corrected chi connectivity index (χ1v) is 10.2. The molecule has 1 atom stereocenters. The molecule has 1 amide bonds. The van der Waals surface area contributed by atoms with Crippen LogP contribution in [0, 0.1) is 0 Å². The molecule has 142 valence electrons. The number of fused-ring (bicyclic) bond motifs is 1. The number of sulfonamides is 1.